The molecule has 0 bridgehead atoms. The molecule has 1 atom stereocenters. The van der Waals surface area contributed by atoms with E-state index in [1.54, 1.807) is 41.7 Å². The number of pyridine rings is 1. The number of benzene rings is 1. The Morgan fingerprint density at radius 2 is 2.11 bits per heavy atom. The number of para-hydroxylation sites is 1. The maximum absolute atomic E-state index is 12.6. The monoisotopic (exact) mass is 411 g/mol. The number of hydrogen-bond acceptors (Lipinski definition) is 8. The summed E-state index contributed by atoms with van der Waals surface area (Å²) in [6.07, 6.45) is 3.33. The molecule has 1 aromatic carbocycles. The summed E-state index contributed by atoms with van der Waals surface area (Å²) in [4.78, 5) is 23.0. The van der Waals surface area contributed by atoms with Gasteiger partial charge in [0, 0.05) is 19.4 Å². The van der Waals surface area contributed by atoms with Gasteiger partial charge in [-0.15, -0.1) is 21.5 Å². The maximum Gasteiger partial charge on any atom is 0.277 e. The highest BCUT2D eigenvalue weighted by molar-refractivity contribution is 7.99. The second kappa shape index (κ2) is 8.07. The Labute approximate surface area is 169 Å². The number of amides is 1. The molecule has 7 nitrogen and oxygen atoms in total. The summed E-state index contributed by atoms with van der Waals surface area (Å²) in [5.41, 5.74) is 1.70. The highest BCUT2D eigenvalue weighted by Crippen LogP contribution is 2.29. The largest absolute Gasteiger partial charge is 0.411 e. The number of carbonyl (C=O) groups excluding carboxylic acids is 1. The van der Waals surface area contributed by atoms with Crippen molar-refractivity contribution >= 4 is 39.2 Å². The molecule has 1 amide bonds. The zero-order valence-electron chi connectivity index (χ0n) is 15.3. The minimum absolute atomic E-state index is 0.0297. The molecule has 0 fully saturated rings. The third-order valence-electron chi connectivity index (χ3n) is 4.28. The average Bonchev–Trinajstić information content (AvgIpc) is 3.38. The van der Waals surface area contributed by atoms with Crippen molar-refractivity contribution in [2.45, 2.75) is 18.2 Å². The Hall–Kier alpha value is -2.78. The van der Waals surface area contributed by atoms with Crippen molar-refractivity contribution < 1.29 is 9.21 Å². The summed E-state index contributed by atoms with van der Waals surface area (Å²) >= 11 is 2.83. The number of aromatic nitrogens is 4. The van der Waals surface area contributed by atoms with E-state index in [1.807, 2.05) is 37.3 Å². The molecule has 0 spiro atoms. The van der Waals surface area contributed by atoms with Crippen LogP contribution in [0.4, 0.5) is 0 Å². The molecule has 0 saturated carbocycles. The molecule has 0 aliphatic rings. The van der Waals surface area contributed by atoms with E-state index in [9.17, 15) is 4.79 Å². The van der Waals surface area contributed by atoms with Gasteiger partial charge in [-0.3, -0.25) is 9.78 Å². The summed E-state index contributed by atoms with van der Waals surface area (Å²) < 4.78 is 6.72. The lowest BCUT2D eigenvalue weighted by Crippen LogP contribution is -2.31. The molecular formula is C19H17N5O2S2. The van der Waals surface area contributed by atoms with Gasteiger partial charge in [0.05, 0.1) is 27.6 Å². The first kappa shape index (κ1) is 18.6. The fourth-order valence-electron chi connectivity index (χ4n) is 2.55. The van der Waals surface area contributed by atoms with Crippen LogP contribution in [0.15, 0.2) is 58.4 Å². The van der Waals surface area contributed by atoms with Crippen LogP contribution in [0.3, 0.4) is 0 Å². The molecule has 3 heterocycles. The molecule has 3 aromatic heterocycles. The summed E-state index contributed by atoms with van der Waals surface area (Å²) in [6.45, 7) is 1.98. The fourth-order valence-corrected chi connectivity index (χ4v) is 4.30. The zero-order chi connectivity index (χ0) is 19.5. The molecule has 4 aromatic rings. The predicted octanol–water partition coefficient (Wildman–Crippen LogP) is 4.05. The van der Waals surface area contributed by atoms with E-state index in [0.29, 0.717) is 11.1 Å². The van der Waals surface area contributed by atoms with Gasteiger partial charge < -0.3 is 9.32 Å². The summed E-state index contributed by atoms with van der Waals surface area (Å²) in [7, 11) is 1.79. The number of nitrogens with zero attached hydrogens (tertiary/aromatic N) is 5. The number of rotatable bonds is 6. The standard InChI is InChI=1S/C19H17N5O2S2/c1-12(18-21-14-7-3-4-8-15(14)28-18)24(2)16(25)11-27-19-23-22-17(26-19)13-6-5-9-20-10-13/h3-10,12H,11H2,1-2H3/t12-/m0/s1. The van der Waals surface area contributed by atoms with Crippen molar-refractivity contribution in [1.29, 1.82) is 0 Å². The minimum Gasteiger partial charge on any atom is -0.411 e. The Bertz CT molecular complexity index is 1060. The Morgan fingerprint density at radius 1 is 1.25 bits per heavy atom. The van der Waals surface area contributed by atoms with Crippen LogP contribution >= 0.6 is 23.1 Å². The van der Waals surface area contributed by atoms with Crippen LogP contribution in [0.5, 0.6) is 0 Å². The minimum atomic E-state index is -0.112. The fraction of sp³-hybridized carbons (Fsp3) is 0.211. The van der Waals surface area contributed by atoms with Crippen LogP contribution in [0.1, 0.15) is 18.0 Å². The van der Waals surface area contributed by atoms with E-state index in [4.69, 9.17) is 4.42 Å². The molecule has 0 unspecified atom stereocenters. The number of hydrogen-bond donors (Lipinski definition) is 0. The van der Waals surface area contributed by atoms with E-state index in [2.05, 4.69) is 20.2 Å². The van der Waals surface area contributed by atoms with Gasteiger partial charge >= 0.3 is 0 Å². The second-order valence-corrected chi connectivity index (χ2v) is 8.09. The lowest BCUT2D eigenvalue weighted by atomic mass is 10.3. The third-order valence-corrected chi connectivity index (χ3v) is 6.29. The van der Waals surface area contributed by atoms with Crippen LogP contribution in [0.25, 0.3) is 21.7 Å². The van der Waals surface area contributed by atoms with Crippen molar-refractivity contribution in [3.63, 3.8) is 0 Å². The maximum atomic E-state index is 12.6. The average molecular weight is 412 g/mol. The van der Waals surface area contributed by atoms with Gasteiger partial charge in [-0.05, 0) is 31.2 Å². The molecule has 28 heavy (non-hydrogen) atoms. The number of thiazole rings is 1. The van der Waals surface area contributed by atoms with E-state index in [0.717, 1.165) is 20.8 Å². The quantitative estimate of drug-likeness (QED) is 0.442. The number of carbonyl (C=O) groups is 1. The zero-order valence-corrected chi connectivity index (χ0v) is 16.9. The van der Waals surface area contributed by atoms with Gasteiger partial charge in [0.1, 0.15) is 5.01 Å². The lowest BCUT2D eigenvalue weighted by Gasteiger charge is -2.22. The molecular weight excluding hydrogens is 394 g/mol. The Morgan fingerprint density at radius 3 is 2.89 bits per heavy atom. The number of fused-ring (bicyclic) bond motifs is 1. The first-order valence-electron chi connectivity index (χ1n) is 8.59. The van der Waals surface area contributed by atoms with Crippen molar-refractivity contribution in [3.8, 4) is 11.5 Å². The summed E-state index contributed by atoms with van der Waals surface area (Å²) in [5.74, 6) is 0.567. The first-order valence-corrected chi connectivity index (χ1v) is 10.4. The molecule has 142 valence electrons. The number of thioether (sulfide) groups is 1. The van der Waals surface area contributed by atoms with E-state index >= 15 is 0 Å². The summed E-state index contributed by atoms with van der Waals surface area (Å²) in [5, 5.41) is 9.27. The molecule has 0 N–H and O–H groups in total. The molecule has 0 radical (unpaired) electrons. The highest BCUT2D eigenvalue weighted by atomic mass is 32.2. The SMILES string of the molecule is C[C@@H](c1nc2ccccc2s1)N(C)C(=O)CSc1nnc(-c2cccnc2)o1. The summed E-state index contributed by atoms with van der Waals surface area (Å²) in [6, 6.07) is 11.5. The molecule has 9 heteroatoms. The van der Waals surface area contributed by atoms with Crippen molar-refractivity contribution in [1.82, 2.24) is 25.1 Å². The molecule has 0 saturated heterocycles. The van der Waals surface area contributed by atoms with Gasteiger partial charge in [-0.25, -0.2) is 4.98 Å². The van der Waals surface area contributed by atoms with Crippen LogP contribution in [-0.2, 0) is 4.79 Å². The third kappa shape index (κ3) is 3.90. The van der Waals surface area contributed by atoms with Gasteiger partial charge in [-0.2, -0.15) is 0 Å². The van der Waals surface area contributed by atoms with Gasteiger partial charge in [0.15, 0.2) is 0 Å². The normalized spacial score (nSPS) is 12.2. The molecule has 4 rings (SSSR count). The van der Waals surface area contributed by atoms with Gasteiger partial charge in [-0.1, -0.05) is 23.9 Å². The van der Waals surface area contributed by atoms with E-state index in [1.165, 1.54) is 11.8 Å². The van der Waals surface area contributed by atoms with Gasteiger partial charge in [0.2, 0.25) is 11.8 Å². The van der Waals surface area contributed by atoms with Crippen molar-refractivity contribution in [2.24, 2.45) is 0 Å². The van der Waals surface area contributed by atoms with Crippen molar-refractivity contribution in [3.05, 3.63) is 53.8 Å². The second-order valence-electron chi connectivity index (χ2n) is 6.10. The smallest absolute Gasteiger partial charge is 0.277 e. The lowest BCUT2D eigenvalue weighted by molar-refractivity contribution is -0.128. The first-order chi connectivity index (χ1) is 13.6. The topological polar surface area (TPSA) is 85.0 Å². The van der Waals surface area contributed by atoms with Crippen molar-refractivity contribution in [2.75, 3.05) is 12.8 Å². The van der Waals surface area contributed by atoms with Crippen LogP contribution in [0, 0.1) is 0 Å². The van der Waals surface area contributed by atoms with Crippen LogP contribution in [-0.4, -0.2) is 43.8 Å². The highest BCUT2D eigenvalue weighted by Gasteiger charge is 2.21. The molecule has 0 aliphatic heterocycles. The van der Waals surface area contributed by atoms with Crippen LogP contribution < -0.4 is 0 Å². The van der Waals surface area contributed by atoms with Gasteiger partial charge in [0.25, 0.3) is 5.22 Å². The van der Waals surface area contributed by atoms with Crippen LogP contribution in [0.2, 0.25) is 0 Å². The Kier molecular flexibility index (Phi) is 5.36. The molecule has 0 aliphatic carbocycles. The van der Waals surface area contributed by atoms with E-state index in [-0.39, 0.29) is 17.7 Å². The van der Waals surface area contributed by atoms with E-state index < -0.39 is 0 Å². The Balaban J connectivity index is 1.38. The predicted molar refractivity (Wildman–Crippen MR) is 109 cm³/mol.